The lowest BCUT2D eigenvalue weighted by molar-refractivity contribution is 0.293. The number of nitrogens with two attached hydrogens (primary N) is 1. The number of hydrogen-bond donors (Lipinski definition) is 1. The molecule has 2 aliphatic rings. The van der Waals surface area contributed by atoms with Crippen LogP contribution in [0.1, 0.15) is 19.3 Å². The normalized spacial score (nSPS) is 40.5. The molecule has 2 heteroatoms. The van der Waals surface area contributed by atoms with E-state index in [1.165, 1.54) is 32.4 Å². The maximum atomic E-state index is 5.66. The van der Waals surface area contributed by atoms with Crippen molar-refractivity contribution in [2.45, 2.75) is 25.3 Å². The molecule has 2 fully saturated rings. The van der Waals surface area contributed by atoms with Crippen LogP contribution < -0.4 is 5.73 Å². The zero-order valence-electron chi connectivity index (χ0n) is 6.42. The van der Waals surface area contributed by atoms with Gasteiger partial charge in [-0.3, -0.25) is 0 Å². The highest BCUT2D eigenvalue weighted by atomic mass is 15.2. The van der Waals surface area contributed by atoms with Gasteiger partial charge in [-0.05, 0) is 44.8 Å². The molecule has 0 aliphatic carbocycles. The summed E-state index contributed by atoms with van der Waals surface area (Å²) in [5, 5.41) is 0. The molecule has 2 rings (SSSR count). The molecular formula is C8H16N2. The average molecular weight is 140 g/mol. The molecule has 2 nitrogen and oxygen atoms in total. The minimum absolute atomic E-state index is 0.822. The number of hydrogen-bond acceptors (Lipinski definition) is 2. The van der Waals surface area contributed by atoms with Gasteiger partial charge in [0, 0.05) is 6.04 Å². The molecular weight excluding hydrogens is 124 g/mol. The monoisotopic (exact) mass is 140 g/mol. The molecule has 2 heterocycles. The summed E-state index contributed by atoms with van der Waals surface area (Å²) in [4.78, 5) is 2.61. The van der Waals surface area contributed by atoms with E-state index in [-0.39, 0.29) is 0 Å². The van der Waals surface area contributed by atoms with E-state index in [1.54, 1.807) is 0 Å². The second-order valence-electron chi connectivity index (χ2n) is 3.53. The summed E-state index contributed by atoms with van der Waals surface area (Å²) in [6.45, 7) is 3.55. The second kappa shape index (κ2) is 2.51. The van der Waals surface area contributed by atoms with E-state index in [4.69, 9.17) is 5.73 Å². The van der Waals surface area contributed by atoms with Crippen molar-refractivity contribution in [3.8, 4) is 0 Å². The van der Waals surface area contributed by atoms with Gasteiger partial charge in [0.1, 0.15) is 0 Å². The van der Waals surface area contributed by atoms with Gasteiger partial charge in [-0.25, -0.2) is 0 Å². The van der Waals surface area contributed by atoms with Crippen LogP contribution in [0.4, 0.5) is 0 Å². The van der Waals surface area contributed by atoms with Crippen molar-refractivity contribution >= 4 is 0 Å². The molecule has 2 N–H and O–H groups in total. The van der Waals surface area contributed by atoms with E-state index in [2.05, 4.69) is 4.90 Å². The van der Waals surface area contributed by atoms with Crippen LogP contribution in [-0.2, 0) is 0 Å². The molecule has 0 aromatic rings. The fourth-order valence-corrected chi connectivity index (χ4v) is 2.46. The Morgan fingerprint density at radius 3 is 3.00 bits per heavy atom. The number of rotatable bonds is 1. The molecule has 2 atom stereocenters. The zero-order chi connectivity index (χ0) is 6.97. The highest BCUT2D eigenvalue weighted by Crippen LogP contribution is 2.31. The molecule has 0 saturated carbocycles. The predicted molar refractivity (Wildman–Crippen MR) is 41.8 cm³/mol. The summed E-state index contributed by atoms with van der Waals surface area (Å²) in [6.07, 6.45) is 4.16. The summed E-state index contributed by atoms with van der Waals surface area (Å²) >= 11 is 0. The first kappa shape index (κ1) is 6.62. The van der Waals surface area contributed by atoms with Crippen molar-refractivity contribution < 1.29 is 0 Å². The van der Waals surface area contributed by atoms with Crippen molar-refractivity contribution in [1.29, 1.82) is 0 Å². The highest BCUT2D eigenvalue weighted by molar-refractivity contribution is 4.91. The Labute approximate surface area is 62.4 Å². The van der Waals surface area contributed by atoms with Crippen LogP contribution in [0.15, 0.2) is 0 Å². The Hall–Kier alpha value is -0.0800. The first-order valence-electron chi connectivity index (χ1n) is 4.36. The molecule has 0 aromatic heterocycles. The van der Waals surface area contributed by atoms with Crippen LogP contribution in [-0.4, -0.2) is 30.6 Å². The van der Waals surface area contributed by atoms with E-state index < -0.39 is 0 Å². The Morgan fingerprint density at radius 2 is 2.20 bits per heavy atom. The van der Waals surface area contributed by atoms with E-state index in [0.717, 1.165) is 18.5 Å². The zero-order valence-corrected chi connectivity index (χ0v) is 6.42. The Kier molecular flexibility index (Phi) is 1.66. The minimum Gasteiger partial charge on any atom is -0.330 e. The van der Waals surface area contributed by atoms with Crippen LogP contribution in [0.2, 0.25) is 0 Å². The molecule has 0 spiro atoms. The molecule has 58 valence electrons. The minimum atomic E-state index is 0.822. The van der Waals surface area contributed by atoms with Gasteiger partial charge < -0.3 is 10.6 Å². The fourth-order valence-electron chi connectivity index (χ4n) is 2.46. The van der Waals surface area contributed by atoms with E-state index in [0.29, 0.717) is 0 Å². The summed E-state index contributed by atoms with van der Waals surface area (Å²) < 4.78 is 0. The van der Waals surface area contributed by atoms with Gasteiger partial charge in [-0.1, -0.05) is 0 Å². The van der Waals surface area contributed by atoms with Crippen LogP contribution in [0.5, 0.6) is 0 Å². The Morgan fingerprint density at radius 1 is 1.30 bits per heavy atom. The van der Waals surface area contributed by atoms with Crippen molar-refractivity contribution in [3.05, 3.63) is 0 Å². The largest absolute Gasteiger partial charge is 0.330 e. The summed E-state index contributed by atoms with van der Waals surface area (Å²) in [6, 6.07) is 0.866. The van der Waals surface area contributed by atoms with Crippen molar-refractivity contribution in [3.63, 3.8) is 0 Å². The van der Waals surface area contributed by atoms with Crippen LogP contribution in [0.3, 0.4) is 0 Å². The number of fused-ring (bicyclic) bond motifs is 1. The van der Waals surface area contributed by atoms with Crippen molar-refractivity contribution in [1.82, 2.24) is 4.90 Å². The standard InChI is InChI=1S/C8H16N2/c9-6-7-3-5-10-4-1-2-8(7)10/h7-8H,1-6,9H2. The predicted octanol–water partition coefficient (Wildman–Crippen LogP) is 0.429. The third kappa shape index (κ3) is 0.867. The topological polar surface area (TPSA) is 29.3 Å². The maximum Gasteiger partial charge on any atom is 0.0136 e. The molecule has 10 heavy (non-hydrogen) atoms. The molecule has 0 aromatic carbocycles. The van der Waals surface area contributed by atoms with Gasteiger partial charge in [0.05, 0.1) is 0 Å². The van der Waals surface area contributed by atoms with Gasteiger partial charge in [0.2, 0.25) is 0 Å². The smallest absolute Gasteiger partial charge is 0.0136 e. The van der Waals surface area contributed by atoms with Gasteiger partial charge in [-0.2, -0.15) is 0 Å². The number of nitrogens with zero attached hydrogens (tertiary/aromatic N) is 1. The SMILES string of the molecule is NCC1CCN2CCCC12. The third-order valence-electron chi connectivity index (χ3n) is 3.05. The average Bonchev–Trinajstić information content (AvgIpc) is 2.44. The van der Waals surface area contributed by atoms with E-state index in [9.17, 15) is 0 Å². The summed E-state index contributed by atoms with van der Waals surface area (Å²) in [5.74, 6) is 0.822. The van der Waals surface area contributed by atoms with Crippen LogP contribution in [0, 0.1) is 5.92 Å². The quantitative estimate of drug-likeness (QED) is 0.572. The van der Waals surface area contributed by atoms with E-state index in [1.807, 2.05) is 0 Å². The lowest BCUT2D eigenvalue weighted by Gasteiger charge is -2.18. The van der Waals surface area contributed by atoms with Crippen LogP contribution >= 0.6 is 0 Å². The summed E-state index contributed by atoms with van der Waals surface area (Å²) in [7, 11) is 0. The Balaban J connectivity index is 2.01. The van der Waals surface area contributed by atoms with Crippen molar-refractivity contribution in [2.75, 3.05) is 19.6 Å². The lowest BCUT2D eigenvalue weighted by Crippen LogP contribution is -2.29. The maximum absolute atomic E-state index is 5.66. The van der Waals surface area contributed by atoms with Gasteiger partial charge in [0.25, 0.3) is 0 Å². The molecule has 2 saturated heterocycles. The van der Waals surface area contributed by atoms with Gasteiger partial charge in [0.15, 0.2) is 0 Å². The molecule has 0 amide bonds. The van der Waals surface area contributed by atoms with Crippen LogP contribution in [0.25, 0.3) is 0 Å². The first-order chi connectivity index (χ1) is 4.92. The Bertz CT molecular complexity index is 124. The third-order valence-corrected chi connectivity index (χ3v) is 3.05. The van der Waals surface area contributed by atoms with Crippen molar-refractivity contribution in [2.24, 2.45) is 11.7 Å². The fraction of sp³-hybridized carbons (Fsp3) is 1.00. The van der Waals surface area contributed by atoms with Gasteiger partial charge in [-0.15, -0.1) is 0 Å². The molecule has 2 aliphatic heterocycles. The first-order valence-corrected chi connectivity index (χ1v) is 4.36. The molecule has 2 unspecified atom stereocenters. The van der Waals surface area contributed by atoms with E-state index >= 15 is 0 Å². The molecule has 0 bridgehead atoms. The summed E-state index contributed by atoms with van der Waals surface area (Å²) in [5.41, 5.74) is 5.66. The second-order valence-corrected chi connectivity index (χ2v) is 3.53. The van der Waals surface area contributed by atoms with Gasteiger partial charge >= 0.3 is 0 Å². The molecule has 0 radical (unpaired) electrons. The highest BCUT2D eigenvalue weighted by Gasteiger charge is 2.35. The lowest BCUT2D eigenvalue weighted by atomic mass is 9.99.